The normalized spacial score (nSPS) is 25.3. The maximum atomic E-state index is 12.8. The van der Waals surface area contributed by atoms with Gasteiger partial charge in [-0.1, -0.05) is 0 Å². The topological polar surface area (TPSA) is 149 Å². The zero-order valence-electron chi connectivity index (χ0n) is 20.2. The van der Waals surface area contributed by atoms with Gasteiger partial charge in [0.15, 0.2) is 5.69 Å². The van der Waals surface area contributed by atoms with Gasteiger partial charge < -0.3 is 40.1 Å². The standard InChI is InChI=1S/C21H31F3N6O6/c1-20(2,3)36-19(34)30-6-4-29(5-7-30)18(33)26-8-13-17(32)16(31)12(11-35-13)27-15-10-25-9-14(28-15)21(22,23)24/h9-10,12-13,16-17,31-32H,4-8,11H2,1-3H3,(H,26,33)(H,27,28)/t12-,13+,16+,17-/m0/s1. The number of amides is 3. The number of carbonyl (C=O) groups is 2. The van der Waals surface area contributed by atoms with Crippen molar-refractivity contribution in [3.8, 4) is 0 Å². The predicted octanol–water partition coefficient (Wildman–Crippen LogP) is 0.659. The highest BCUT2D eigenvalue weighted by molar-refractivity contribution is 5.75. The summed E-state index contributed by atoms with van der Waals surface area (Å²) in [6, 6.07) is -1.38. The second-order valence-electron chi connectivity index (χ2n) is 9.53. The van der Waals surface area contributed by atoms with Crippen LogP contribution < -0.4 is 10.6 Å². The van der Waals surface area contributed by atoms with Crippen molar-refractivity contribution in [3.05, 3.63) is 18.1 Å². The number of aromatic nitrogens is 2. The molecule has 2 aliphatic heterocycles. The molecule has 36 heavy (non-hydrogen) atoms. The molecule has 3 heterocycles. The summed E-state index contributed by atoms with van der Waals surface area (Å²) >= 11 is 0. The molecule has 3 amide bonds. The molecule has 1 aromatic rings. The van der Waals surface area contributed by atoms with E-state index in [4.69, 9.17) is 9.47 Å². The van der Waals surface area contributed by atoms with Gasteiger partial charge in [0.2, 0.25) is 0 Å². The minimum atomic E-state index is -4.68. The van der Waals surface area contributed by atoms with Crippen molar-refractivity contribution in [2.75, 3.05) is 44.6 Å². The Bertz CT molecular complexity index is 922. The molecule has 0 saturated carbocycles. The smallest absolute Gasteiger partial charge is 0.434 e. The maximum Gasteiger partial charge on any atom is 0.434 e. The third-order valence-electron chi connectivity index (χ3n) is 5.56. The molecule has 2 fully saturated rings. The van der Waals surface area contributed by atoms with Crippen LogP contribution in [-0.4, -0.2) is 111 Å². The summed E-state index contributed by atoms with van der Waals surface area (Å²) in [6.07, 6.45) is -7.29. The van der Waals surface area contributed by atoms with E-state index >= 15 is 0 Å². The van der Waals surface area contributed by atoms with E-state index in [9.17, 15) is 33.0 Å². The average molecular weight is 521 g/mol. The van der Waals surface area contributed by atoms with Crippen LogP contribution in [0.3, 0.4) is 0 Å². The van der Waals surface area contributed by atoms with E-state index in [1.54, 1.807) is 20.8 Å². The molecule has 0 aromatic carbocycles. The Morgan fingerprint density at radius 2 is 1.75 bits per heavy atom. The number of hydrogen-bond acceptors (Lipinski definition) is 9. The number of carbonyl (C=O) groups excluding carboxylic acids is 2. The lowest BCUT2D eigenvalue weighted by Crippen LogP contribution is -2.59. The van der Waals surface area contributed by atoms with Gasteiger partial charge in [-0.3, -0.25) is 4.98 Å². The summed E-state index contributed by atoms with van der Waals surface area (Å²) in [6.45, 7) is 6.20. The van der Waals surface area contributed by atoms with Crippen molar-refractivity contribution < 1.29 is 42.4 Å². The van der Waals surface area contributed by atoms with Crippen molar-refractivity contribution in [3.63, 3.8) is 0 Å². The lowest BCUT2D eigenvalue weighted by atomic mass is 9.98. The maximum absolute atomic E-state index is 12.8. The number of ether oxygens (including phenoxy) is 2. The fourth-order valence-electron chi connectivity index (χ4n) is 3.67. The first-order valence-corrected chi connectivity index (χ1v) is 11.4. The van der Waals surface area contributed by atoms with E-state index in [-0.39, 0.29) is 32.1 Å². The molecule has 0 radical (unpaired) electrons. The molecule has 15 heteroatoms. The van der Waals surface area contributed by atoms with Gasteiger partial charge in [-0.2, -0.15) is 13.2 Å². The number of urea groups is 1. The number of alkyl halides is 3. The molecule has 0 bridgehead atoms. The molecule has 2 aliphatic rings. The van der Waals surface area contributed by atoms with Gasteiger partial charge in [0.05, 0.1) is 25.0 Å². The van der Waals surface area contributed by atoms with Crippen LogP contribution >= 0.6 is 0 Å². The van der Waals surface area contributed by atoms with Crippen molar-refractivity contribution in [1.29, 1.82) is 0 Å². The molecule has 2 saturated heterocycles. The Morgan fingerprint density at radius 3 is 2.36 bits per heavy atom. The molecule has 4 N–H and O–H groups in total. The van der Waals surface area contributed by atoms with Crippen LogP contribution in [0.15, 0.2) is 12.4 Å². The van der Waals surface area contributed by atoms with Crippen molar-refractivity contribution >= 4 is 17.9 Å². The number of aliphatic hydroxyl groups excluding tert-OH is 2. The van der Waals surface area contributed by atoms with Gasteiger partial charge in [0, 0.05) is 32.7 Å². The van der Waals surface area contributed by atoms with Crippen LogP contribution in [0.5, 0.6) is 0 Å². The van der Waals surface area contributed by atoms with Crippen LogP contribution in [0, 0.1) is 0 Å². The first kappa shape index (κ1) is 27.7. The Kier molecular flexibility index (Phi) is 8.46. The largest absolute Gasteiger partial charge is 0.444 e. The van der Waals surface area contributed by atoms with Gasteiger partial charge in [-0.15, -0.1) is 0 Å². The first-order valence-electron chi connectivity index (χ1n) is 11.4. The Hall–Kier alpha value is -2.91. The summed E-state index contributed by atoms with van der Waals surface area (Å²) in [7, 11) is 0. The third kappa shape index (κ3) is 7.30. The number of nitrogens with zero attached hydrogens (tertiary/aromatic N) is 4. The van der Waals surface area contributed by atoms with Gasteiger partial charge in [-0.05, 0) is 20.8 Å². The van der Waals surface area contributed by atoms with E-state index in [1.165, 1.54) is 9.80 Å². The Balaban J connectivity index is 1.45. The number of halogens is 3. The lowest BCUT2D eigenvalue weighted by molar-refractivity contribution is -0.141. The van der Waals surface area contributed by atoms with Crippen molar-refractivity contribution in [2.45, 2.75) is 56.9 Å². The van der Waals surface area contributed by atoms with Crippen molar-refractivity contribution in [1.82, 2.24) is 25.1 Å². The highest BCUT2D eigenvalue weighted by Crippen LogP contribution is 2.28. The van der Waals surface area contributed by atoms with E-state index in [2.05, 4.69) is 20.6 Å². The van der Waals surface area contributed by atoms with Crippen molar-refractivity contribution in [2.24, 2.45) is 0 Å². The molecule has 12 nitrogen and oxygen atoms in total. The van der Waals surface area contributed by atoms with Crippen LogP contribution in [0.2, 0.25) is 0 Å². The monoisotopic (exact) mass is 520 g/mol. The van der Waals surface area contributed by atoms with Gasteiger partial charge in [0.1, 0.15) is 29.7 Å². The van der Waals surface area contributed by atoms with Crippen LogP contribution in [-0.2, 0) is 15.7 Å². The molecule has 0 aliphatic carbocycles. The molecule has 3 rings (SSSR count). The summed E-state index contributed by atoms with van der Waals surface area (Å²) in [5.41, 5.74) is -1.82. The number of nitrogens with one attached hydrogen (secondary N) is 2. The van der Waals surface area contributed by atoms with Crippen LogP contribution in [0.4, 0.5) is 28.6 Å². The second kappa shape index (κ2) is 11.0. The zero-order valence-corrected chi connectivity index (χ0v) is 20.2. The lowest BCUT2D eigenvalue weighted by Gasteiger charge is -2.39. The van der Waals surface area contributed by atoms with Crippen LogP contribution in [0.1, 0.15) is 26.5 Å². The zero-order chi connectivity index (χ0) is 26.7. The van der Waals surface area contributed by atoms with Crippen LogP contribution in [0.25, 0.3) is 0 Å². The molecule has 202 valence electrons. The SMILES string of the molecule is CC(C)(C)OC(=O)N1CCN(C(=O)NC[C@H]2OC[C@H](Nc3cncc(C(F)(F)F)n3)[C@@H](O)[C@H]2O)CC1. The molecule has 4 atom stereocenters. The minimum Gasteiger partial charge on any atom is -0.444 e. The second-order valence-corrected chi connectivity index (χ2v) is 9.53. The summed E-state index contributed by atoms with van der Waals surface area (Å²) in [4.78, 5) is 34.6. The fourth-order valence-corrected chi connectivity index (χ4v) is 3.67. The van der Waals surface area contributed by atoms with Gasteiger partial charge in [0.25, 0.3) is 0 Å². The molecular formula is C21H31F3N6O6. The number of anilines is 1. The van der Waals surface area contributed by atoms with E-state index in [0.29, 0.717) is 19.3 Å². The minimum absolute atomic E-state index is 0.112. The average Bonchev–Trinajstić information content (AvgIpc) is 2.80. The van der Waals surface area contributed by atoms with E-state index in [1.807, 2.05) is 0 Å². The van der Waals surface area contributed by atoms with Gasteiger partial charge >= 0.3 is 18.3 Å². The number of piperazine rings is 1. The predicted molar refractivity (Wildman–Crippen MR) is 119 cm³/mol. The number of rotatable bonds is 4. The molecule has 0 unspecified atom stereocenters. The fraction of sp³-hybridized carbons (Fsp3) is 0.714. The number of hydrogen-bond donors (Lipinski definition) is 4. The third-order valence-corrected chi connectivity index (χ3v) is 5.56. The van der Waals surface area contributed by atoms with E-state index in [0.717, 1.165) is 6.20 Å². The van der Waals surface area contributed by atoms with Gasteiger partial charge in [-0.25, -0.2) is 14.6 Å². The quantitative estimate of drug-likeness (QED) is 0.449. The highest BCUT2D eigenvalue weighted by atomic mass is 19.4. The first-order chi connectivity index (χ1) is 16.7. The number of aliphatic hydroxyl groups is 2. The Morgan fingerprint density at radius 1 is 1.11 bits per heavy atom. The highest BCUT2D eigenvalue weighted by Gasteiger charge is 2.39. The molecule has 0 spiro atoms. The molecule has 1 aromatic heterocycles. The summed E-state index contributed by atoms with van der Waals surface area (Å²) < 4.78 is 49.3. The molecular weight excluding hydrogens is 489 g/mol. The summed E-state index contributed by atoms with van der Waals surface area (Å²) in [5, 5.41) is 26.1. The summed E-state index contributed by atoms with van der Waals surface area (Å²) in [5.74, 6) is -0.234. The Labute approximate surface area is 205 Å². The van der Waals surface area contributed by atoms with E-state index < -0.39 is 53.9 Å².